The fraction of sp³-hybridized carbons (Fsp3) is 0.333. The summed E-state index contributed by atoms with van der Waals surface area (Å²) in [6.45, 7) is 2.78. The zero-order valence-corrected chi connectivity index (χ0v) is 16.1. The van der Waals surface area contributed by atoms with Gasteiger partial charge in [0.25, 0.3) is 0 Å². The fourth-order valence-electron chi connectivity index (χ4n) is 4.24. The molecule has 0 bridgehead atoms. The number of rotatable bonds is 4. The van der Waals surface area contributed by atoms with E-state index in [1.54, 1.807) is 0 Å². The molecule has 0 aliphatic heterocycles. The second-order valence-electron chi connectivity index (χ2n) is 7.70. The van der Waals surface area contributed by atoms with Gasteiger partial charge in [-0.25, -0.2) is 0 Å². The molecule has 1 saturated carbocycles. The average Bonchev–Trinajstić information content (AvgIpc) is 3.22. The number of nitrogens with zero attached hydrogens (tertiary/aromatic N) is 2. The van der Waals surface area contributed by atoms with Crippen LogP contribution in [0.4, 0.5) is 0 Å². The molecule has 1 aliphatic carbocycles. The molecule has 3 heteroatoms. The molecule has 0 unspecified atom stereocenters. The molecular formula is C24H26N2O. The lowest BCUT2D eigenvalue weighted by atomic mass is 9.97. The van der Waals surface area contributed by atoms with Gasteiger partial charge in [-0.1, -0.05) is 49.2 Å². The Hall–Kier alpha value is -2.68. The van der Waals surface area contributed by atoms with Gasteiger partial charge in [-0.15, -0.1) is 0 Å². The molecule has 0 atom stereocenters. The zero-order chi connectivity index (χ0) is 18.8. The first-order chi connectivity index (χ1) is 13.1. The van der Waals surface area contributed by atoms with E-state index in [4.69, 9.17) is 0 Å². The van der Waals surface area contributed by atoms with Gasteiger partial charge in [0, 0.05) is 31.1 Å². The number of aryl methyl sites for hydroxylation is 1. The van der Waals surface area contributed by atoms with Gasteiger partial charge in [-0.2, -0.15) is 0 Å². The maximum Gasteiger partial charge on any atom is 0.225 e. The molecule has 4 rings (SSSR count). The largest absolute Gasteiger partial charge is 0.341 e. The third kappa shape index (κ3) is 3.59. The smallest absolute Gasteiger partial charge is 0.225 e. The highest BCUT2D eigenvalue weighted by atomic mass is 16.2. The zero-order valence-electron chi connectivity index (χ0n) is 16.1. The molecule has 2 aromatic carbocycles. The van der Waals surface area contributed by atoms with Gasteiger partial charge >= 0.3 is 0 Å². The van der Waals surface area contributed by atoms with Crippen LogP contribution in [-0.2, 0) is 11.3 Å². The van der Waals surface area contributed by atoms with E-state index in [-0.39, 0.29) is 11.8 Å². The van der Waals surface area contributed by atoms with E-state index in [1.165, 1.54) is 29.5 Å². The highest BCUT2D eigenvalue weighted by Gasteiger charge is 2.25. The minimum absolute atomic E-state index is 0.223. The van der Waals surface area contributed by atoms with Crippen LogP contribution < -0.4 is 0 Å². The summed E-state index contributed by atoms with van der Waals surface area (Å²) in [4.78, 5) is 19.1. The molecule has 0 N–H and O–H groups in total. The standard InChI is InChI=1S/C24H26N2O/c1-17-7-3-6-10-20(17)21-13-14-25-23-15-18(11-12-22(21)23)16-26(2)24(27)19-8-4-5-9-19/h3,6-7,10-15,19H,4-5,8-9,16H2,1-2H3. The highest BCUT2D eigenvalue weighted by molar-refractivity contribution is 5.95. The van der Waals surface area contributed by atoms with Gasteiger partial charge in [0.1, 0.15) is 0 Å². The molecule has 0 saturated heterocycles. The van der Waals surface area contributed by atoms with Crippen LogP contribution in [-0.4, -0.2) is 22.8 Å². The van der Waals surface area contributed by atoms with Crippen LogP contribution in [0.3, 0.4) is 0 Å². The molecule has 0 radical (unpaired) electrons. The Bertz CT molecular complexity index is 973. The van der Waals surface area contributed by atoms with Gasteiger partial charge < -0.3 is 4.90 Å². The first-order valence-corrected chi connectivity index (χ1v) is 9.82. The van der Waals surface area contributed by atoms with E-state index in [9.17, 15) is 4.79 Å². The normalized spacial score (nSPS) is 14.6. The molecule has 1 aromatic heterocycles. The molecule has 3 aromatic rings. The van der Waals surface area contributed by atoms with Gasteiger partial charge in [-0.3, -0.25) is 9.78 Å². The van der Waals surface area contributed by atoms with Crippen LogP contribution in [0, 0.1) is 12.8 Å². The molecule has 3 nitrogen and oxygen atoms in total. The number of amides is 1. The number of benzene rings is 2. The maximum atomic E-state index is 12.6. The molecule has 1 amide bonds. The van der Waals surface area contributed by atoms with Gasteiger partial charge in [0.15, 0.2) is 0 Å². The summed E-state index contributed by atoms with van der Waals surface area (Å²) in [6.07, 6.45) is 6.34. The summed E-state index contributed by atoms with van der Waals surface area (Å²) >= 11 is 0. The van der Waals surface area contributed by atoms with E-state index in [0.29, 0.717) is 6.54 Å². The van der Waals surface area contributed by atoms with Gasteiger partial charge in [-0.05, 0) is 54.2 Å². The van der Waals surface area contributed by atoms with Crippen LogP contribution in [0.15, 0.2) is 54.7 Å². The van der Waals surface area contributed by atoms with Crippen molar-refractivity contribution in [2.75, 3.05) is 7.05 Å². The number of aromatic nitrogens is 1. The summed E-state index contributed by atoms with van der Waals surface area (Å²) < 4.78 is 0. The first-order valence-electron chi connectivity index (χ1n) is 9.82. The van der Waals surface area contributed by atoms with Crippen molar-refractivity contribution >= 4 is 16.8 Å². The molecule has 1 heterocycles. The molecule has 1 aliphatic rings. The van der Waals surface area contributed by atoms with Crippen LogP contribution in [0.5, 0.6) is 0 Å². The monoisotopic (exact) mass is 358 g/mol. The van der Waals surface area contributed by atoms with Gasteiger partial charge in [0.2, 0.25) is 5.91 Å². The Morgan fingerprint density at radius 2 is 1.85 bits per heavy atom. The van der Waals surface area contributed by atoms with E-state index >= 15 is 0 Å². The van der Waals surface area contributed by atoms with Crippen molar-refractivity contribution in [3.63, 3.8) is 0 Å². The first kappa shape index (κ1) is 17.7. The lowest BCUT2D eigenvalue weighted by Crippen LogP contribution is -2.31. The predicted octanol–water partition coefficient (Wildman–Crippen LogP) is 5.36. The summed E-state index contributed by atoms with van der Waals surface area (Å²) in [5.41, 5.74) is 5.82. The van der Waals surface area contributed by atoms with E-state index < -0.39 is 0 Å². The third-order valence-corrected chi connectivity index (χ3v) is 5.74. The molecule has 1 fully saturated rings. The maximum absolute atomic E-state index is 12.6. The topological polar surface area (TPSA) is 33.2 Å². The van der Waals surface area contributed by atoms with Crippen molar-refractivity contribution in [2.45, 2.75) is 39.2 Å². The Morgan fingerprint density at radius 3 is 2.63 bits per heavy atom. The quantitative estimate of drug-likeness (QED) is 0.629. The van der Waals surface area contributed by atoms with E-state index in [2.05, 4.69) is 60.4 Å². The number of hydrogen-bond donors (Lipinski definition) is 0. The lowest BCUT2D eigenvalue weighted by Gasteiger charge is -2.21. The number of carbonyl (C=O) groups is 1. The molecular weight excluding hydrogens is 332 g/mol. The number of pyridine rings is 1. The van der Waals surface area contributed by atoms with Crippen LogP contribution in [0.25, 0.3) is 22.0 Å². The van der Waals surface area contributed by atoms with E-state index in [1.807, 2.05) is 18.1 Å². The van der Waals surface area contributed by atoms with Crippen LogP contribution >= 0.6 is 0 Å². The summed E-state index contributed by atoms with van der Waals surface area (Å²) in [5, 5.41) is 1.15. The third-order valence-electron chi connectivity index (χ3n) is 5.74. The van der Waals surface area contributed by atoms with Crippen molar-refractivity contribution in [3.8, 4) is 11.1 Å². The molecule has 0 spiro atoms. The summed E-state index contributed by atoms with van der Waals surface area (Å²) in [7, 11) is 1.92. The summed E-state index contributed by atoms with van der Waals surface area (Å²) in [5.74, 6) is 0.510. The minimum atomic E-state index is 0.223. The van der Waals surface area contributed by atoms with Crippen LogP contribution in [0.2, 0.25) is 0 Å². The Labute approximate surface area is 161 Å². The fourth-order valence-corrected chi connectivity index (χ4v) is 4.24. The lowest BCUT2D eigenvalue weighted by molar-refractivity contribution is -0.134. The van der Waals surface area contributed by atoms with E-state index in [0.717, 1.165) is 29.3 Å². The molecule has 138 valence electrons. The minimum Gasteiger partial charge on any atom is -0.341 e. The number of carbonyl (C=O) groups excluding carboxylic acids is 1. The van der Waals surface area contributed by atoms with Crippen molar-refractivity contribution < 1.29 is 4.79 Å². The average molecular weight is 358 g/mol. The molecule has 27 heavy (non-hydrogen) atoms. The van der Waals surface area contributed by atoms with Crippen molar-refractivity contribution in [2.24, 2.45) is 5.92 Å². The Balaban J connectivity index is 1.62. The second kappa shape index (κ2) is 7.51. The van der Waals surface area contributed by atoms with Crippen molar-refractivity contribution in [3.05, 3.63) is 65.9 Å². The van der Waals surface area contributed by atoms with Crippen LogP contribution in [0.1, 0.15) is 36.8 Å². The number of fused-ring (bicyclic) bond motifs is 1. The second-order valence-corrected chi connectivity index (χ2v) is 7.70. The van der Waals surface area contributed by atoms with Gasteiger partial charge in [0.05, 0.1) is 5.52 Å². The number of hydrogen-bond acceptors (Lipinski definition) is 2. The van der Waals surface area contributed by atoms with Crippen molar-refractivity contribution in [1.82, 2.24) is 9.88 Å². The Kier molecular flexibility index (Phi) is 4.93. The predicted molar refractivity (Wildman–Crippen MR) is 110 cm³/mol. The highest BCUT2D eigenvalue weighted by Crippen LogP contribution is 2.31. The van der Waals surface area contributed by atoms with Crippen molar-refractivity contribution in [1.29, 1.82) is 0 Å². The SMILES string of the molecule is Cc1ccccc1-c1ccnc2cc(CN(C)C(=O)C3CCCC3)ccc12. The Morgan fingerprint density at radius 1 is 1.07 bits per heavy atom. The summed E-state index contributed by atoms with van der Waals surface area (Å²) in [6, 6.07) is 16.9.